The molecule has 2 rings (SSSR count). The molecule has 0 aromatic heterocycles. The summed E-state index contributed by atoms with van der Waals surface area (Å²) in [5, 5.41) is 3.38. The van der Waals surface area contributed by atoms with Crippen molar-refractivity contribution in [2.45, 2.75) is 19.4 Å². The smallest absolute Gasteiger partial charge is 0.122 e. The predicted molar refractivity (Wildman–Crippen MR) is 86.2 cm³/mol. The monoisotopic (exact) mass is 285 g/mol. The number of hydrogen-bond acceptors (Lipinski definition) is 3. The first-order chi connectivity index (χ1) is 10.2. The number of ether oxygens (including phenoxy) is 2. The van der Waals surface area contributed by atoms with Gasteiger partial charge in [0.25, 0.3) is 0 Å². The molecular weight excluding hydrogens is 262 g/mol. The minimum absolute atomic E-state index is 0.218. The summed E-state index contributed by atoms with van der Waals surface area (Å²) in [6.07, 6.45) is 0.870. The van der Waals surface area contributed by atoms with Crippen molar-refractivity contribution in [2.75, 3.05) is 21.3 Å². The first-order valence-corrected chi connectivity index (χ1v) is 7.12. The van der Waals surface area contributed by atoms with Gasteiger partial charge in [0.1, 0.15) is 11.5 Å². The minimum Gasteiger partial charge on any atom is -0.497 e. The van der Waals surface area contributed by atoms with E-state index in [2.05, 4.69) is 36.5 Å². The molecule has 1 N–H and O–H groups in total. The number of rotatable bonds is 6. The van der Waals surface area contributed by atoms with E-state index in [0.29, 0.717) is 0 Å². The first-order valence-electron chi connectivity index (χ1n) is 7.12. The van der Waals surface area contributed by atoms with E-state index >= 15 is 0 Å². The van der Waals surface area contributed by atoms with Crippen molar-refractivity contribution in [1.82, 2.24) is 5.32 Å². The van der Waals surface area contributed by atoms with Crippen LogP contribution in [0, 0.1) is 6.92 Å². The van der Waals surface area contributed by atoms with Gasteiger partial charge in [-0.2, -0.15) is 0 Å². The Kier molecular flexibility index (Phi) is 5.23. The number of benzene rings is 2. The van der Waals surface area contributed by atoms with Crippen molar-refractivity contribution in [1.29, 1.82) is 0 Å². The second-order valence-corrected chi connectivity index (χ2v) is 5.14. The maximum Gasteiger partial charge on any atom is 0.122 e. The molecule has 0 spiro atoms. The molecule has 0 amide bonds. The largest absolute Gasteiger partial charge is 0.497 e. The van der Waals surface area contributed by atoms with Crippen molar-refractivity contribution < 1.29 is 9.47 Å². The van der Waals surface area contributed by atoms with Crippen molar-refractivity contribution in [3.05, 3.63) is 59.2 Å². The Hall–Kier alpha value is -2.00. The van der Waals surface area contributed by atoms with E-state index in [1.165, 1.54) is 16.7 Å². The fourth-order valence-electron chi connectivity index (χ4n) is 2.53. The molecule has 0 aliphatic rings. The molecule has 0 heterocycles. The summed E-state index contributed by atoms with van der Waals surface area (Å²) in [6, 6.07) is 14.7. The SMILES string of the molecule is CNC(Cc1cc(C)ccc1OC)c1cccc(OC)c1. The van der Waals surface area contributed by atoms with Gasteiger partial charge in [-0.15, -0.1) is 0 Å². The molecule has 21 heavy (non-hydrogen) atoms. The minimum atomic E-state index is 0.218. The number of methoxy groups -OCH3 is 2. The molecule has 0 bridgehead atoms. The highest BCUT2D eigenvalue weighted by Crippen LogP contribution is 2.27. The van der Waals surface area contributed by atoms with Crippen LogP contribution in [0.15, 0.2) is 42.5 Å². The second-order valence-electron chi connectivity index (χ2n) is 5.14. The fraction of sp³-hybridized carbons (Fsp3) is 0.333. The molecule has 1 atom stereocenters. The van der Waals surface area contributed by atoms with Gasteiger partial charge in [-0.1, -0.05) is 29.8 Å². The Morgan fingerprint density at radius 3 is 2.52 bits per heavy atom. The highest BCUT2D eigenvalue weighted by Gasteiger charge is 2.14. The van der Waals surface area contributed by atoms with Crippen molar-refractivity contribution in [3.63, 3.8) is 0 Å². The zero-order valence-corrected chi connectivity index (χ0v) is 13.1. The Morgan fingerprint density at radius 1 is 1.05 bits per heavy atom. The van der Waals surface area contributed by atoms with Gasteiger partial charge in [0.15, 0.2) is 0 Å². The third kappa shape index (κ3) is 3.76. The van der Waals surface area contributed by atoms with Crippen LogP contribution in [0.3, 0.4) is 0 Å². The lowest BCUT2D eigenvalue weighted by molar-refractivity contribution is 0.405. The van der Waals surface area contributed by atoms with Crippen molar-refractivity contribution >= 4 is 0 Å². The van der Waals surface area contributed by atoms with Gasteiger partial charge in [-0.25, -0.2) is 0 Å². The molecule has 0 aliphatic carbocycles. The molecule has 2 aromatic rings. The van der Waals surface area contributed by atoms with E-state index in [1.807, 2.05) is 25.2 Å². The molecule has 112 valence electrons. The van der Waals surface area contributed by atoms with E-state index in [4.69, 9.17) is 9.47 Å². The van der Waals surface area contributed by atoms with Gasteiger partial charge in [0.2, 0.25) is 0 Å². The van der Waals surface area contributed by atoms with Crippen molar-refractivity contribution in [3.8, 4) is 11.5 Å². The lowest BCUT2D eigenvalue weighted by Crippen LogP contribution is -2.19. The topological polar surface area (TPSA) is 30.5 Å². The molecule has 0 aliphatic heterocycles. The third-order valence-electron chi connectivity index (χ3n) is 3.70. The summed E-state index contributed by atoms with van der Waals surface area (Å²) in [7, 11) is 5.39. The van der Waals surface area contributed by atoms with Crippen LogP contribution >= 0.6 is 0 Å². The molecule has 1 unspecified atom stereocenters. The van der Waals surface area contributed by atoms with Crippen LogP contribution in [0.5, 0.6) is 11.5 Å². The van der Waals surface area contributed by atoms with Crippen LogP contribution in [0.25, 0.3) is 0 Å². The maximum atomic E-state index is 5.47. The number of aryl methyl sites for hydroxylation is 1. The van der Waals surface area contributed by atoms with Crippen LogP contribution in [0.1, 0.15) is 22.7 Å². The molecule has 3 nitrogen and oxygen atoms in total. The maximum absolute atomic E-state index is 5.47. The zero-order valence-electron chi connectivity index (χ0n) is 13.1. The van der Waals surface area contributed by atoms with Crippen LogP contribution in [0.4, 0.5) is 0 Å². The lowest BCUT2D eigenvalue weighted by atomic mass is 9.97. The molecule has 3 heteroatoms. The highest BCUT2D eigenvalue weighted by atomic mass is 16.5. The summed E-state index contributed by atoms with van der Waals surface area (Å²) in [5.74, 6) is 1.81. The van der Waals surface area contributed by atoms with Gasteiger partial charge >= 0.3 is 0 Å². The van der Waals surface area contributed by atoms with Gasteiger partial charge in [0, 0.05) is 6.04 Å². The predicted octanol–water partition coefficient (Wildman–Crippen LogP) is 3.52. The summed E-state index contributed by atoms with van der Waals surface area (Å²) in [6.45, 7) is 2.10. The summed E-state index contributed by atoms with van der Waals surface area (Å²) < 4.78 is 10.8. The van der Waals surface area contributed by atoms with Crippen molar-refractivity contribution in [2.24, 2.45) is 0 Å². The molecule has 0 fully saturated rings. The zero-order chi connectivity index (χ0) is 15.2. The fourth-order valence-corrected chi connectivity index (χ4v) is 2.53. The molecular formula is C18H23NO2. The van der Waals surface area contributed by atoms with E-state index in [-0.39, 0.29) is 6.04 Å². The van der Waals surface area contributed by atoms with Gasteiger partial charge in [0.05, 0.1) is 14.2 Å². The molecule has 0 saturated heterocycles. The Bertz CT molecular complexity index is 596. The van der Waals surface area contributed by atoms with Gasteiger partial charge < -0.3 is 14.8 Å². The summed E-state index contributed by atoms with van der Waals surface area (Å²) >= 11 is 0. The van der Waals surface area contributed by atoms with Crippen LogP contribution in [-0.4, -0.2) is 21.3 Å². The average Bonchev–Trinajstić information content (AvgIpc) is 2.52. The van der Waals surface area contributed by atoms with E-state index < -0.39 is 0 Å². The highest BCUT2D eigenvalue weighted by molar-refractivity contribution is 5.39. The van der Waals surface area contributed by atoms with Crippen LogP contribution < -0.4 is 14.8 Å². The molecule has 0 saturated carbocycles. The van der Waals surface area contributed by atoms with Gasteiger partial charge in [-0.3, -0.25) is 0 Å². The van der Waals surface area contributed by atoms with Crippen LogP contribution in [0.2, 0.25) is 0 Å². The van der Waals surface area contributed by atoms with E-state index in [0.717, 1.165) is 17.9 Å². The van der Waals surface area contributed by atoms with E-state index in [1.54, 1.807) is 14.2 Å². The quantitative estimate of drug-likeness (QED) is 0.881. The number of hydrogen-bond donors (Lipinski definition) is 1. The Labute approximate surface area is 126 Å². The standard InChI is InChI=1S/C18H23NO2/c1-13-8-9-18(21-4)15(10-13)12-17(19-2)14-6-5-7-16(11-14)20-3/h5-11,17,19H,12H2,1-4H3. The number of nitrogens with one attached hydrogen (secondary N) is 1. The summed E-state index contributed by atoms with van der Waals surface area (Å²) in [4.78, 5) is 0. The Morgan fingerprint density at radius 2 is 1.86 bits per heavy atom. The Balaban J connectivity index is 2.28. The summed E-state index contributed by atoms with van der Waals surface area (Å²) in [5.41, 5.74) is 3.66. The van der Waals surface area contributed by atoms with Gasteiger partial charge in [-0.05, 0) is 49.7 Å². The lowest BCUT2D eigenvalue weighted by Gasteiger charge is -2.19. The molecule has 2 aromatic carbocycles. The van der Waals surface area contributed by atoms with E-state index in [9.17, 15) is 0 Å². The first kappa shape index (κ1) is 15.4. The van der Waals surface area contributed by atoms with Crippen LogP contribution in [-0.2, 0) is 6.42 Å². The number of likely N-dealkylation sites (N-methyl/N-ethyl adjacent to an activating group) is 1. The third-order valence-corrected chi connectivity index (χ3v) is 3.70. The molecule has 0 radical (unpaired) electrons. The average molecular weight is 285 g/mol. The normalized spacial score (nSPS) is 12.0. The second kappa shape index (κ2) is 7.14.